The Kier molecular flexibility index (Phi) is 3.27. The number of rotatable bonds is 2. The van der Waals surface area contributed by atoms with Gasteiger partial charge in [-0.2, -0.15) is 0 Å². The molecular formula is C12H18ClN3O. The number of hydrogen-bond acceptors (Lipinski definition) is 4. The van der Waals surface area contributed by atoms with Crippen molar-refractivity contribution in [1.29, 1.82) is 0 Å². The molecule has 0 aliphatic carbocycles. The molecule has 2 unspecified atom stereocenters. The average molecular weight is 256 g/mol. The highest BCUT2D eigenvalue weighted by atomic mass is 35.5. The van der Waals surface area contributed by atoms with E-state index in [9.17, 15) is 0 Å². The van der Waals surface area contributed by atoms with E-state index in [1.165, 1.54) is 0 Å². The van der Waals surface area contributed by atoms with Crippen LogP contribution in [-0.2, 0) is 4.74 Å². The lowest BCUT2D eigenvalue weighted by atomic mass is 9.94. The molecular weight excluding hydrogens is 238 g/mol. The van der Waals surface area contributed by atoms with E-state index in [1.54, 1.807) is 0 Å². The van der Waals surface area contributed by atoms with Gasteiger partial charge >= 0.3 is 0 Å². The maximum Gasteiger partial charge on any atom is 0.155 e. The van der Waals surface area contributed by atoms with E-state index in [0.717, 1.165) is 30.0 Å². The standard InChI is InChI=1S/C12H18ClN3O/c1-7-8(2)11(16-15-10(7)13)14-12(4)5-6-17-9(12)3/h9H,5-6H2,1-4H3,(H,14,16). The Morgan fingerprint density at radius 3 is 2.65 bits per heavy atom. The fraction of sp³-hybridized carbons (Fsp3) is 0.667. The normalized spacial score (nSPS) is 28.4. The Morgan fingerprint density at radius 2 is 2.06 bits per heavy atom. The maximum absolute atomic E-state index is 5.94. The number of nitrogens with one attached hydrogen (secondary N) is 1. The molecule has 1 N–H and O–H groups in total. The first-order valence-corrected chi connectivity index (χ1v) is 6.21. The maximum atomic E-state index is 5.94. The van der Waals surface area contributed by atoms with Crippen LogP contribution in [0.3, 0.4) is 0 Å². The van der Waals surface area contributed by atoms with E-state index in [-0.39, 0.29) is 11.6 Å². The molecule has 2 heterocycles. The first kappa shape index (κ1) is 12.6. The van der Waals surface area contributed by atoms with E-state index < -0.39 is 0 Å². The van der Waals surface area contributed by atoms with E-state index >= 15 is 0 Å². The van der Waals surface area contributed by atoms with Crippen molar-refractivity contribution in [3.05, 3.63) is 16.3 Å². The van der Waals surface area contributed by atoms with Crippen LogP contribution in [0.5, 0.6) is 0 Å². The van der Waals surface area contributed by atoms with Gasteiger partial charge < -0.3 is 10.1 Å². The Bertz CT molecular complexity index is 438. The van der Waals surface area contributed by atoms with Crippen molar-refractivity contribution in [1.82, 2.24) is 10.2 Å². The number of ether oxygens (including phenoxy) is 1. The number of nitrogens with zero attached hydrogens (tertiary/aromatic N) is 2. The van der Waals surface area contributed by atoms with Gasteiger partial charge in [0.25, 0.3) is 0 Å². The van der Waals surface area contributed by atoms with Crippen LogP contribution in [0.1, 0.15) is 31.4 Å². The van der Waals surface area contributed by atoms with Gasteiger partial charge in [-0.3, -0.25) is 0 Å². The van der Waals surface area contributed by atoms with E-state index in [4.69, 9.17) is 16.3 Å². The fourth-order valence-electron chi connectivity index (χ4n) is 1.96. The van der Waals surface area contributed by atoms with Gasteiger partial charge in [0, 0.05) is 6.61 Å². The van der Waals surface area contributed by atoms with Crippen LogP contribution in [0.2, 0.25) is 5.15 Å². The molecule has 0 aromatic carbocycles. The molecule has 2 rings (SSSR count). The SMILES string of the molecule is Cc1c(Cl)nnc(NC2(C)CCOC2C)c1C. The third kappa shape index (κ3) is 2.24. The van der Waals surface area contributed by atoms with Crippen molar-refractivity contribution in [3.8, 4) is 0 Å². The predicted octanol–water partition coefficient (Wildman–Crippen LogP) is 2.73. The minimum atomic E-state index is -0.0836. The van der Waals surface area contributed by atoms with Crippen LogP contribution in [0.4, 0.5) is 5.82 Å². The topological polar surface area (TPSA) is 47.0 Å². The summed E-state index contributed by atoms with van der Waals surface area (Å²) in [6.45, 7) is 8.96. The summed E-state index contributed by atoms with van der Waals surface area (Å²) in [6, 6.07) is 0. The first-order valence-electron chi connectivity index (χ1n) is 5.83. The third-order valence-corrected chi connectivity index (χ3v) is 4.11. The molecule has 4 nitrogen and oxygen atoms in total. The zero-order valence-electron chi connectivity index (χ0n) is 10.7. The van der Waals surface area contributed by atoms with E-state index in [2.05, 4.69) is 29.4 Å². The van der Waals surface area contributed by atoms with Crippen LogP contribution in [-0.4, -0.2) is 28.4 Å². The summed E-state index contributed by atoms with van der Waals surface area (Å²) in [4.78, 5) is 0. The van der Waals surface area contributed by atoms with Gasteiger partial charge in [0.1, 0.15) is 0 Å². The van der Waals surface area contributed by atoms with Gasteiger partial charge in [-0.05, 0) is 45.2 Å². The third-order valence-electron chi connectivity index (χ3n) is 3.76. The monoisotopic (exact) mass is 255 g/mol. The van der Waals surface area contributed by atoms with Gasteiger partial charge in [0.15, 0.2) is 11.0 Å². The number of aromatic nitrogens is 2. The average Bonchev–Trinajstić information content (AvgIpc) is 2.61. The summed E-state index contributed by atoms with van der Waals surface area (Å²) >= 11 is 5.94. The molecule has 0 saturated carbocycles. The molecule has 1 aliphatic rings. The Balaban J connectivity index is 2.28. The van der Waals surface area contributed by atoms with Crippen molar-refractivity contribution < 1.29 is 4.74 Å². The van der Waals surface area contributed by atoms with Gasteiger partial charge in [0.2, 0.25) is 0 Å². The van der Waals surface area contributed by atoms with Crippen LogP contribution in [0, 0.1) is 13.8 Å². The lowest BCUT2D eigenvalue weighted by molar-refractivity contribution is 0.105. The van der Waals surface area contributed by atoms with Crippen molar-refractivity contribution in [2.75, 3.05) is 11.9 Å². The molecule has 1 aliphatic heterocycles. The second-order valence-electron chi connectivity index (χ2n) is 4.89. The summed E-state index contributed by atoms with van der Waals surface area (Å²) in [5.41, 5.74) is 1.93. The van der Waals surface area contributed by atoms with Gasteiger partial charge in [-0.25, -0.2) is 0 Å². The molecule has 17 heavy (non-hydrogen) atoms. The number of anilines is 1. The first-order chi connectivity index (χ1) is 7.94. The molecule has 0 spiro atoms. The van der Waals surface area contributed by atoms with Crippen molar-refractivity contribution in [2.24, 2.45) is 0 Å². The molecule has 0 amide bonds. The van der Waals surface area contributed by atoms with Crippen LogP contribution in [0.15, 0.2) is 0 Å². The van der Waals surface area contributed by atoms with E-state index in [1.807, 2.05) is 13.8 Å². The molecule has 94 valence electrons. The molecule has 1 saturated heterocycles. The van der Waals surface area contributed by atoms with Crippen molar-refractivity contribution >= 4 is 17.4 Å². The van der Waals surface area contributed by atoms with Crippen LogP contribution < -0.4 is 5.32 Å². The fourth-order valence-corrected chi connectivity index (χ4v) is 2.14. The summed E-state index contributed by atoms with van der Waals surface area (Å²) < 4.78 is 5.60. The molecule has 0 bridgehead atoms. The van der Waals surface area contributed by atoms with Gasteiger partial charge in [-0.1, -0.05) is 11.6 Å². The van der Waals surface area contributed by atoms with Crippen molar-refractivity contribution in [2.45, 2.75) is 45.8 Å². The quantitative estimate of drug-likeness (QED) is 0.883. The zero-order valence-corrected chi connectivity index (χ0v) is 11.4. The Morgan fingerprint density at radius 1 is 1.35 bits per heavy atom. The minimum absolute atomic E-state index is 0.0836. The molecule has 1 aromatic rings. The lowest BCUT2D eigenvalue weighted by Gasteiger charge is -2.30. The highest BCUT2D eigenvalue weighted by molar-refractivity contribution is 6.30. The molecule has 1 aromatic heterocycles. The van der Waals surface area contributed by atoms with E-state index in [0.29, 0.717) is 5.15 Å². The second-order valence-corrected chi connectivity index (χ2v) is 5.25. The predicted molar refractivity (Wildman–Crippen MR) is 68.6 cm³/mol. The minimum Gasteiger partial charge on any atom is -0.376 e. The summed E-state index contributed by atoms with van der Waals surface area (Å²) in [7, 11) is 0. The molecule has 2 atom stereocenters. The molecule has 1 fully saturated rings. The Hall–Kier alpha value is -0.870. The van der Waals surface area contributed by atoms with Gasteiger partial charge in [0.05, 0.1) is 11.6 Å². The smallest absolute Gasteiger partial charge is 0.155 e. The number of halogens is 1. The van der Waals surface area contributed by atoms with Crippen molar-refractivity contribution in [3.63, 3.8) is 0 Å². The van der Waals surface area contributed by atoms with Gasteiger partial charge in [-0.15, -0.1) is 10.2 Å². The summed E-state index contributed by atoms with van der Waals surface area (Å²) in [5, 5.41) is 12.0. The summed E-state index contributed by atoms with van der Waals surface area (Å²) in [6.07, 6.45) is 1.14. The molecule has 0 radical (unpaired) electrons. The largest absolute Gasteiger partial charge is 0.376 e. The molecule has 5 heteroatoms. The summed E-state index contributed by atoms with van der Waals surface area (Å²) in [5.74, 6) is 0.798. The van der Waals surface area contributed by atoms with Crippen LogP contribution >= 0.6 is 11.6 Å². The number of hydrogen-bond donors (Lipinski definition) is 1. The Labute approximate surface area is 107 Å². The second kappa shape index (κ2) is 4.42. The zero-order chi connectivity index (χ0) is 12.6. The van der Waals surface area contributed by atoms with Crippen LogP contribution in [0.25, 0.3) is 0 Å². The highest BCUT2D eigenvalue weighted by Crippen LogP contribution is 2.31. The highest BCUT2D eigenvalue weighted by Gasteiger charge is 2.37. The lowest BCUT2D eigenvalue weighted by Crippen LogP contribution is -2.41.